The molecule has 27 heavy (non-hydrogen) atoms. The van der Waals surface area contributed by atoms with Crippen LogP contribution in [0.3, 0.4) is 0 Å². The molecule has 1 heterocycles. The normalized spacial score (nSPS) is 17.3. The molecule has 1 aromatic heterocycles. The molecule has 0 unspecified atom stereocenters. The minimum Gasteiger partial charge on any atom is -0.338 e. The van der Waals surface area contributed by atoms with E-state index in [1.165, 1.54) is 25.0 Å². The van der Waals surface area contributed by atoms with Crippen molar-refractivity contribution in [1.29, 1.82) is 0 Å². The lowest BCUT2D eigenvalue weighted by Gasteiger charge is -2.30. The van der Waals surface area contributed by atoms with Crippen LogP contribution in [-0.2, 0) is 4.79 Å². The van der Waals surface area contributed by atoms with Crippen LogP contribution in [0.25, 0.3) is 0 Å². The molecular weight excluding hydrogens is 360 g/mol. The van der Waals surface area contributed by atoms with Gasteiger partial charge in [-0.3, -0.25) is 14.6 Å². The lowest BCUT2D eigenvalue weighted by atomic mass is 9.88. The Morgan fingerprint density at radius 1 is 1.22 bits per heavy atom. The molecule has 0 radical (unpaired) electrons. The summed E-state index contributed by atoms with van der Waals surface area (Å²) in [5.41, 5.74) is 0.401. The first-order valence-electron chi connectivity index (χ1n) is 9.44. The summed E-state index contributed by atoms with van der Waals surface area (Å²) in [6.45, 7) is 6.24. The molecule has 0 bridgehead atoms. The molecule has 0 aliphatic heterocycles. The van der Waals surface area contributed by atoms with E-state index in [4.69, 9.17) is 0 Å². The predicted octanol–water partition coefficient (Wildman–Crippen LogP) is 3.52. The predicted molar refractivity (Wildman–Crippen MR) is 109 cm³/mol. The third-order valence-electron chi connectivity index (χ3n) is 4.63. The molecule has 1 aliphatic rings. The summed E-state index contributed by atoms with van der Waals surface area (Å²) in [7, 11) is 0. The number of thioether (sulfide) groups is 1. The van der Waals surface area contributed by atoms with E-state index in [1.807, 2.05) is 12.3 Å². The third kappa shape index (κ3) is 6.65. The summed E-state index contributed by atoms with van der Waals surface area (Å²) >= 11 is 1.59. The van der Waals surface area contributed by atoms with Gasteiger partial charge in [0.25, 0.3) is 11.8 Å². The van der Waals surface area contributed by atoms with Crippen molar-refractivity contribution in [2.75, 3.05) is 6.26 Å². The second kappa shape index (κ2) is 9.88. The third-order valence-corrected chi connectivity index (χ3v) is 5.92. The molecule has 2 N–H and O–H groups in total. The van der Waals surface area contributed by atoms with Crippen molar-refractivity contribution >= 4 is 23.6 Å². The molecule has 1 fully saturated rings. The van der Waals surface area contributed by atoms with E-state index in [1.54, 1.807) is 11.8 Å². The summed E-state index contributed by atoms with van der Waals surface area (Å²) in [4.78, 5) is 33.4. The number of hydrogen-bond donors (Lipinski definition) is 2. The highest BCUT2D eigenvalue weighted by Crippen LogP contribution is 2.28. The van der Waals surface area contributed by atoms with Gasteiger partial charge in [0.15, 0.2) is 0 Å². The smallest absolute Gasteiger partial charge is 0.275 e. The standard InChI is InChI=1S/C20H30N4O2S/c1-20(2,3)19(27-4)24-17(25)15(12-14-8-6-5-7-9-14)23-18(26)16-13-21-10-11-22-16/h10-14,19H,5-9H2,1-4H3,(H,23,26)(H,24,25)/b15-12-/t19-/m1/s1. The SMILES string of the molecule is CS[C@@H](NC(=O)/C(=C/C1CCCCC1)NC(=O)c1cnccn1)C(C)(C)C. The molecule has 0 spiro atoms. The van der Waals surface area contributed by atoms with Crippen molar-refractivity contribution in [3.8, 4) is 0 Å². The first kappa shape index (κ1) is 21.4. The Hall–Kier alpha value is -1.89. The van der Waals surface area contributed by atoms with Gasteiger partial charge in [-0.25, -0.2) is 4.98 Å². The lowest BCUT2D eigenvalue weighted by Crippen LogP contribution is -2.44. The zero-order chi connectivity index (χ0) is 19.9. The van der Waals surface area contributed by atoms with Gasteiger partial charge in [-0.1, -0.05) is 46.1 Å². The Morgan fingerprint density at radius 2 is 1.93 bits per heavy atom. The quantitative estimate of drug-likeness (QED) is 0.573. The molecule has 1 saturated carbocycles. The molecule has 148 valence electrons. The first-order valence-corrected chi connectivity index (χ1v) is 10.7. The van der Waals surface area contributed by atoms with Crippen molar-refractivity contribution in [1.82, 2.24) is 20.6 Å². The molecule has 2 amide bonds. The van der Waals surface area contributed by atoms with Gasteiger partial charge < -0.3 is 10.6 Å². The van der Waals surface area contributed by atoms with Crippen molar-refractivity contribution < 1.29 is 9.59 Å². The zero-order valence-electron chi connectivity index (χ0n) is 16.6. The highest BCUT2D eigenvalue weighted by atomic mass is 32.2. The maximum atomic E-state index is 13.0. The molecule has 1 aromatic rings. The van der Waals surface area contributed by atoms with E-state index in [2.05, 4.69) is 41.4 Å². The number of rotatable bonds is 6. The molecule has 2 rings (SSSR count). The minimum absolute atomic E-state index is 0.0619. The number of allylic oxidation sites excluding steroid dienone is 1. The second-order valence-corrected chi connectivity index (χ2v) is 8.92. The van der Waals surface area contributed by atoms with Crippen LogP contribution >= 0.6 is 11.8 Å². The van der Waals surface area contributed by atoms with Crippen molar-refractivity contribution in [2.45, 2.75) is 58.2 Å². The van der Waals surface area contributed by atoms with Gasteiger partial charge in [0.1, 0.15) is 11.4 Å². The van der Waals surface area contributed by atoms with Gasteiger partial charge in [0.05, 0.1) is 11.6 Å². The fourth-order valence-corrected chi connectivity index (χ4v) is 4.07. The number of nitrogens with zero attached hydrogens (tertiary/aromatic N) is 2. The van der Waals surface area contributed by atoms with Crippen molar-refractivity contribution in [3.05, 3.63) is 36.1 Å². The lowest BCUT2D eigenvalue weighted by molar-refractivity contribution is -0.118. The molecule has 1 aliphatic carbocycles. The van der Waals surface area contributed by atoms with Gasteiger partial charge in [-0.05, 0) is 30.4 Å². The van der Waals surface area contributed by atoms with Crippen LogP contribution in [0.5, 0.6) is 0 Å². The summed E-state index contributed by atoms with van der Waals surface area (Å²) in [6, 6.07) is 0. The van der Waals surface area contributed by atoms with Crippen molar-refractivity contribution in [3.63, 3.8) is 0 Å². The van der Waals surface area contributed by atoms with Crippen LogP contribution in [0.15, 0.2) is 30.4 Å². The van der Waals surface area contributed by atoms with Gasteiger partial charge in [0, 0.05) is 12.4 Å². The number of hydrogen-bond acceptors (Lipinski definition) is 5. The Labute approximate surface area is 166 Å². The molecule has 0 saturated heterocycles. The average Bonchev–Trinajstić information content (AvgIpc) is 2.65. The van der Waals surface area contributed by atoms with Crippen LogP contribution in [0.1, 0.15) is 63.4 Å². The summed E-state index contributed by atoms with van der Waals surface area (Å²) in [5.74, 6) is -0.368. The Morgan fingerprint density at radius 3 is 2.48 bits per heavy atom. The zero-order valence-corrected chi connectivity index (χ0v) is 17.4. The van der Waals surface area contributed by atoms with E-state index >= 15 is 0 Å². The van der Waals surface area contributed by atoms with E-state index in [9.17, 15) is 9.59 Å². The number of nitrogens with one attached hydrogen (secondary N) is 2. The van der Waals surface area contributed by atoms with Crippen LogP contribution in [0.4, 0.5) is 0 Å². The number of amides is 2. The summed E-state index contributed by atoms with van der Waals surface area (Å²) in [6.07, 6.45) is 13.9. The Bertz CT molecular complexity index is 664. The summed E-state index contributed by atoms with van der Waals surface area (Å²) in [5, 5.41) is 5.76. The maximum Gasteiger partial charge on any atom is 0.275 e. The van der Waals surface area contributed by atoms with Gasteiger partial charge in [-0.15, -0.1) is 11.8 Å². The topological polar surface area (TPSA) is 84.0 Å². The van der Waals surface area contributed by atoms with E-state index in [0.29, 0.717) is 11.6 Å². The van der Waals surface area contributed by atoms with Crippen LogP contribution in [0.2, 0.25) is 0 Å². The molecule has 0 aromatic carbocycles. The maximum absolute atomic E-state index is 13.0. The van der Waals surface area contributed by atoms with E-state index in [0.717, 1.165) is 25.7 Å². The molecule has 1 atom stereocenters. The highest BCUT2D eigenvalue weighted by Gasteiger charge is 2.27. The van der Waals surface area contributed by atoms with Gasteiger partial charge >= 0.3 is 0 Å². The Balaban J connectivity index is 2.19. The van der Waals surface area contributed by atoms with Crippen LogP contribution in [-0.4, -0.2) is 33.4 Å². The number of carbonyl (C=O) groups is 2. The monoisotopic (exact) mass is 390 g/mol. The van der Waals surface area contributed by atoms with Crippen molar-refractivity contribution in [2.24, 2.45) is 11.3 Å². The first-order chi connectivity index (χ1) is 12.8. The average molecular weight is 391 g/mol. The van der Waals surface area contributed by atoms with Gasteiger partial charge in [-0.2, -0.15) is 0 Å². The van der Waals surface area contributed by atoms with Crippen LogP contribution < -0.4 is 10.6 Å². The van der Waals surface area contributed by atoms with Crippen LogP contribution in [0, 0.1) is 11.3 Å². The van der Waals surface area contributed by atoms with Gasteiger partial charge in [0.2, 0.25) is 0 Å². The minimum atomic E-state index is -0.420. The number of carbonyl (C=O) groups excluding carboxylic acids is 2. The highest BCUT2D eigenvalue weighted by molar-refractivity contribution is 7.99. The molecular formula is C20H30N4O2S. The largest absolute Gasteiger partial charge is 0.338 e. The Kier molecular flexibility index (Phi) is 7.83. The fraction of sp³-hybridized carbons (Fsp3) is 0.600. The summed E-state index contributed by atoms with van der Waals surface area (Å²) < 4.78 is 0. The molecule has 6 nitrogen and oxygen atoms in total. The fourth-order valence-electron chi connectivity index (χ4n) is 3.14. The van der Waals surface area contributed by atoms with E-state index in [-0.39, 0.29) is 22.4 Å². The number of aromatic nitrogens is 2. The molecule has 7 heteroatoms. The van der Waals surface area contributed by atoms with E-state index < -0.39 is 5.91 Å². The second-order valence-electron chi connectivity index (χ2n) is 7.98.